The Bertz CT molecular complexity index is 593. The molecule has 2 aromatic rings. The second-order valence-electron chi connectivity index (χ2n) is 5.63. The highest BCUT2D eigenvalue weighted by Crippen LogP contribution is 2.34. The van der Waals surface area contributed by atoms with Crippen LogP contribution in [0.4, 0.5) is 0 Å². The van der Waals surface area contributed by atoms with E-state index >= 15 is 0 Å². The van der Waals surface area contributed by atoms with Crippen molar-refractivity contribution in [3.8, 4) is 0 Å². The van der Waals surface area contributed by atoms with Crippen molar-refractivity contribution >= 4 is 22.8 Å². The summed E-state index contributed by atoms with van der Waals surface area (Å²) in [5.74, 6) is 1.31. The molecule has 1 unspecified atom stereocenters. The maximum atomic E-state index is 6.05. The predicted octanol–water partition coefficient (Wildman–Crippen LogP) is 3.30. The van der Waals surface area contributed by atoms with Crippen LogP contribution in [0.15, 0.2) is 18.3 Å². The van der Waals surface area contributed by atoms with Crippen LogP contribution in [0.25, 0.3) is 11.2 Å². The van der Waals surface area contributed by atoms with Gasteiger partial charge in [0.25, 0.3) is 0 Å². The minimum atomic E-state index is -0.0993. The lowest BCUT2D eigenvalue weighted by Crippen LogP contribution is -2.35. The third kappa shape index (κ3) is 2.35. The quantitative estimate of drug-likeness (QED) is 0.792. The molecule has 0 aliphatic carbocycles. The van der Waals surface area contributed by atoms with Crippen molar-refractivity contribution in [1.29, 1.82) is 0 Å². The Morgan fingerprint density at radius 1 is 1.53 bits per heavy atom. The molecule has 3 heterocycles. The SMILES string of the molecule is CC1(C)CC(n2c(CCl)nc3cccnc32)CCO1. The second-order valence-corrected chi connectivity index (χ2v) is 5.90. The molecule has 19 heavy (non-hydrogen) atoms. The van der Waals surface area contributed by atoms with Crippen molar-refractivity contribution in [2.45, 2.75) is 44.2 Å². The van der Waals surface area contributed by atoms with E-state index in [9.17, 15) is 0 Å². The highest BCUT2D eigenvalue weighted by Gasteiger charge is 2.31. The third-order valence-electron chi connectivity index (χ3n) is 3.68. The van der Waals surface area contributed by atoms with Crippen LogP contribution in [0.1, 0.15) is 38.6 Å². The molecule has 0 amide bonds. The van der Waals surface area contributed by atoms with Gasteiger partial charge in [-0.2, -0.15) is 0 Å². The Morgan fingerprint density at radius 2 is 2.37 bits per heavy atom. The van der Waals surface area contributed by atoms with E-state index in [4.69, 9.17) is 16.3 Å². The fourth-order valence-electron chi connectivity index (χ4n) is 2.87. The fourth-order valence-corrected chi connectivity index (χ4v) is 3.06. The topological polar surface area (TPSA) is 39.9 Å². The van der Waals surface area contributed by atoms with Gasteiger partial charge >= 0.3 is 0 Å². The van der Waals surface area contributed by atoms with Gasteiger partial charge < -0.3 is 9.30 Å². The summed E-state index contributed by atoms with van der Waals surface area (Å²) in [7, 11) is 0. The summed E-state index contributed by atoms with van der Waals surface area (Å²) in [6.45, 7) is 5.03. The molecule has 102 valence electrons. The minimum absolute atomic E-state index is 0.0993. The third-order valence-corrected chi connectivity index (χ3v) is 3.92. The van der Waals surface area contributed by atoms with Gasteiger partial charge in [0.1, 0.15) is 11.3 Å². The molecular weight excluding hydrogens is 262 g/mol. The van der Waals surface area contributed by atoms with E-state index in [2.05, 4.69) is 28.4 Å². The van der Waals surface area contributed by atoms with Crippen LogP contribution in [-0.4, -0.2) is 26.7 Å². The number of ether oxygens (including phenoxy) is 1. The largest absolute Gasteiger partial charge is 0.375 e. The van der Waals surface area contributed by atoms with Gasteiger partial charge in [0.15, 0.2) is 5.65 Å². The number of aromatic nitrogens is 3. The first-order chi connectivity index (χ1) is 9.11. The molecule has 0 saturated carbocycles. The van der Waals surface area contributed by atoms with Gasteiger partial charge in [-0.25, -0.2) is 9.97 Å². The number of rotatable bonds is 2. The molecule has 2 aromatic heterocycles. The van der Waals surface area contributed by atoms with Gasteiger partial charge in [0.2, 0.25) is 0 Å². The first-order valence-electron chi connectivity index (χ1n) is 6.62. The zero-order valence-corrected chi connectivity index (χ0v) is 12.0. The monoisotopic (exact) mass is 279 g/mol. The summed E-state index contributed by atoms with van der Waals surface area (Å²) in [5.41, 5.74) is 1.75. The summed E-state index contributed by atoms with van der Waals surface area (Å²) in [4.78, 5) is 9.06. The number of nitrogens with zero attached hydrogens (tertiary/aromatic N) is 3. The molecule has 0 bridgehead atoms. The number of alkyl halides is 1. The predicted molar refractivity (Wildman–Crippen MR) is 75.4 cm³/mol. The van der Waals surface area contributed by atoms with E-state index in [0.29, 0.717) is 11.9 Å². The van der Waals surface area contributed by atoms with E-state index in [1.807, 2.05) is 18.3 Å². The van der Waals surface area contributed by atoms with E-state index in [-0.39, 0.29) is 5.60 Å². The van der Waals surface area contributed by atoms with Crippen LogP contribution in [0.2, 0.25) is 0 Å². The highest BCUT2D eigenvalue weighted by atomic mass is 35.5. The molecule has 0 aromatic carbocycles. The van der Waals surface area contributed by atoms with E-state index < -0.39 is 0 Å². The molecule has 1 atom stereocenters. The van der Waals surface area contributed by atoms with Crippen molar-refractivity contribution in [2.75, 3.05) is 6.61 Å². The summed E-state index contributed by atoms with van der Waals surface area (Å²) in [6, 6.07) is 4.25. The Hall–Kier alpha value is -1.13. The lowest BCUT2D eigenvalue weighted by atomic mass is 9.93. The van der Waals surface area contributed by atoms with Crippen LogP contribution in [-0.2, 0) is 10.6 Å². The van der Waals surface area contributed by atoms with E-state index in [1.54, 1.807) is 0 Å². The number of imidazole rings is 1. The normalized spacial score (nSPS) is 22.8. The molecule has 5 heteroatoms. The lowest BCUT2D eigenvalue weighted by Gasteiger charge is -2.36. The molecule has 4 nitrogen and oxygen atoms in total. The van der Waals surface area contributed by atoms with Crippen molar-refractivity contribution in [3.05, 3.63) is 24.2 Å². The average molecular weight is 280 g/mol. The molecule has 0 N–H and O–H groups in total. The Labute approximate surface area is 117 Å². The summed E-state index contributed by atoms with van der Waals surface area (Å²) >= 11 is 6.05. The Balaban J connectivity index is 2.08. The molecule has 0 radical (unpaired) electrons. The maximum absolute atomic E-state index is 6.05. The zero-order valence-electron chi connectivity index (χ0n) is 11.3. The number of pyridine rings is 1. The maximum Gasteiger partial charge on any atom is 0.160 e. The van der Waals surface area contributed by atoms with Gasteiger partial charge in [0, 0.05) is 18.8 Å². The van der Waals surface area contributed by atoms with Gasteiger partial charge in [0.05, 0.1) is 11.5 Å². The lowest BCUT2D eigenvalue weighted by molar-refractivity contribution is -0.0688. The van der Waals surface area contributed by atoms with Crippen molar-refractivity contribution in [3.63, 3.8) is 0 Å². The Kier molecular flexibility index (Phi) is 3.23. The molecule has 1 aliphatic rings. The molecule has 1 fully saturated rings. The fraction of sp³-hybridized carbons (Fsp3) is 0.571. The highest BCUT2D eigenvalue weighted by molar-refractivity contribution is 6.16. The molecule has 1 aliphatic heterocycles. The first-order valence-corrected chi connectivity index (χ1v) is 7.16. The zero-order chi connectivity index (χ0) is 13.5. The van der Waals surface area contributed by atoms with Crippen LogP contribution >= 0.6 is 11.6 Å². The van der Waals surface area contributed by atoms with Crippen molar-refractivity contribution < 1.29 is 4.74 Å². The smallest absolute Gasteiger partial charge is 0.160 e. The van der Waals surface area contributed by atoms with Crippen LogP contribution in [0.3, 0.4) is 0 Å². The average Bonchev–Trinajstić information content (AvgIpc) is 2.75. The standard InChI is InChI=1S/C14H18ClN3O/c1-14(2)8-10(5-7-19-14)18-12(9-15)17-11-4-3-6-16-13(11)18/h3-4,6,10H,5,7-9H2,1-2H3. The second kappa shape index (κ2) is 4.76. The van der Waals surface area contributed by atoms with Crippen LogP contribution in [0.5, 0.6) is 0 Å². The Morgan fingerprint density at radius 3 is 3.11 bits per heavy atom. The van der Waals surface area contributed by atoms with Gasteiger partial charge in [-0.05, 0) is 38.8 Å². The molecule has 3 rings (SSSR count). The van der Waals surface area contributed by atoms with Crippen molar-refractivity contribution in [2.24, 2.45) is 0 Å². The van der Waals surface area contributed by atoms with E-state index in [0.717, 1.165) is 36.4 Å². The molecule has 0 spiro atoms. The summed E-state index contributed by atoms with van der Waals surface area (Å²) in [5, 5.41) is 0. The van der Waals surface area contributed by atoms with Gasteiger partial charge in [-0.3, -0.25) is 0 Å². The molecule has 1 saturated heterocycles. The number of hydrogen-bond acceptors (Lipinski definition) is 3. The number of halogens is 1. The van der Waals surface area contributed by atoms with Crippen LogP contribution < -0.4 is 0 Å². The van der Waals surface area contributed by atoms with E-state index in [1.165, 1.54) is 0 Å². The van der Waals surface area contributed by atoms with Gasteiger partial charge in [-0.1, -0.05) is 0 Å². The summed E-state index contributed by atoms with van der Waals surface area (Å²) in [6.07, 6.45) is 3.75. The summed E-state index contributed by atoms with van der Waals surface area (Å²) < 4.78 is 7.99. The number of fused-ring (bicyclic) bond motifs is 1. The molecular formula is C14H18ClN3O. The van der Waals surface area contributed by atoms with Gasteiger partial charge in [-0.15, -0.1) is 11.6 Å². The van der Waals surface area contributed by atoms with Crippen LogP contribution in [0, 0.1) is 0 Å². The number of hydrogen-bond donors (Lipinski definition) is 0. The minimum Gasteiger partial charge on any atom is -0.375 e. The van der Waals surface area contributed by atoms with Crippen molar-refractivity contribution in [1.82, 2.24) is 14.5 Å². The first kappa shape index (κ1) is 12.9.